The van der Waals surface area contributed by atoms with Crippen LogP contribution in [0.15, 0.2) is 27.7 Å². The van der Waals surface area contributed by atoms with Crippen LogP contribution in [0.5, 0.6) is 0 Å². The maximum absolute atomic E-state index is 14.7. The van der Waals surface area contributed by atoms with Gasteiger partial charge in [-0.1, -0.05) is 74.0 Å². The molecule has 1 unspecified atom stereocenters. The highest BCUT2D eigenvalue weighted by Gasteiger charge is 2.70. The largest absolute Gasteiger partial charge is 0.424 e. The minimum atomic E-state index is -0.654. The highest BCUT2D eigenvalue weighted by atomic mass is 16.4. The molecule has 0 aliphatic heterocycles. The van der Waals surface area contributed by atoms with Gasteiger partial charge in [0.25, 0.3) is 0 Å². The molecule has 5 aliphatic carbocycles. The molecule has 5 aliphatic rings. The number of carbonyl (C=O) groups excluding carboxylic acids is 2. The van der Waals surface area contributed by atoms with Crippen molar-refractivity contribution in [1.82, 2.24) is 10.2 Å². The predicted octanol–water partition coefficient (Wildman–Crippen LogP) is 7.66. The van der Waals surface area contributed by atoms with Gasteiger partial charge in [0.15, 0.2) is 11.6 Å². The van der Waals surface area contributed by atoms with Crippen LogP contribution >= 0.6 is 0 Å². The van der Waals surface area contributed by atoms with E-state index in [0.29, 0.717) is 5.89 Å². The number of hydrogen-bond donors (Lipinski definition) is 0. The average molecular weight is 558 g/mol. The van der Waals surface area contributed by atoms with Gasteiger partial charge in [0, 0.05) is 22.7 Å². The predicted molar refractivity (Wildman–Crippen MR) is 157 cm³/mol. The molecule has 0 radical (unpaired) electrons. The molecule has 0 aromatic carbocycles. The number of fused-ring (bicyclic) bond motifs is 7. The number of ketones is 2. The Bertz CT molecular complexity index is 1440. The molecule has 1 aromatic rings. The van der Waals surface area contributed by atoms with Gasteiger partial charge in [0.1, 0.15) is 6.07 Å². The average Bonchev–Trinajstić information content (AvgIpc) is 3.39. The Balaban J connectivity index is 1.52. The Kier molecular flexibility index (Phi) is 5.93. The number of rotatable bonds is 2. The summed E-state index contributed by atoms with van der Waals surface area (Å²) in [6, 6.07) is 2.21. The minimum absolute atomic E-state index is 0.0519. The summed E-state index contributed by atoms with van der Waals surface area (Å²) >= 11 is 0. The Labute approximate surface area is 245 Å². The van der Waals surface area contributed by atoms with Crippen molar-refractivity contribution in [3.8, 4) is 6.07 Å². The standard InChI is InChI=1S/C35H47N3O3/c1-20(2)28-37-38-29(41-28)35-14-12-30(3,4)18-22(35)26-23(39)16-25-32(7)17-21(19-36)27(40)31(5,6)24(32)10-11-33(25,8)34(26,9)13-15-35/h16-17,20,22,24,26H,10-15,18H2,1-9H3/t22-,24+,26?,32+,33-,34-,35+/m1/s1. The zero-order valence-corrected chi connectivity index (χ0v) is 26.5. The first kappa shape index (κ1) is 28.6. The molecule has 3 saturated carbocycles. The third kappa shape index (κ3) is 3.53. The summed E-state index contributed by atoms with van der Waals surface area (Å²) in [4.78, 5) is 28.0. The van der Waals surface area contributed by atoms with E-state index in [-0.39, 0.29) is 62.5 Å². The molecule has 0 spiro atoms. The van der Waals surface area contributed by atoms with Crippen LogP contribution in [0.3, 0.4) is 0 Å². The summed E-state index contributed by atoms with van der Waals surface area (Å²) in [6.45, 7) is 19.8. The zero-order valence-electron chi connectivity index (χ0n) is 26.5. The van der Waals surface area contributed by atoms with Crippen LogP contribution in [-0.2, 0) is 15.0 Å². The van der Waals surface area contributed by atoms with Gasteiger partial charge in [-0.3, -0.25) is 9.59 Å². The van der Waals surface area contributed by atoms with E-state index < -0.39 is 10.8 Å². The molecule has 41 heavy (non-hydrogen) atoms. The van der Waals surface area contributed by atoms with Gasteiger partial charge in [-0.05, 0) is 79.1 Å². The molecule has 6 heteroatoms. The van der Waals surface area contributed by atoms with Crippen molar-refractivity contribution in [1.29, 1.82) is 5.26 Å². The Hall–Kier alpha value is -2.55. The molecule has 6 rings (SSSR count). The maximum atomic E-state index is 14.7. The third-order valence-electron chi connectivity index (χ3n) is 13.2. The summed E-state index contributed by atoms with van der Waals surface area (Å²) in [5.74, 6) is 1.75. The summed E-state index contributed by atoms with van der Waals surface area (Å²) in [6.07, 6.45) is 10.6. The van der Waals surface area contributed by atoms with Crippen molar-refractivity contribution in [3.63, 3.8) is 0 Å². The fourth-order valence-corrected chi connectivity index (χ4v) is 10.7. The lowest BCUT2D eigenvalue weighted by atomic mass is 9.34. The van der Waals surface area contributed by atoms with Crippen molar-refractivity contribution in [3.05, 3.63) is 35.1 Å². The molecule has 6 nitrogen and oxygen atoms in total. The molecule has 0 amide bonds. The quantitative estimate of drug-likeness (QED) is 0.370. The van der Waals surface area contributed by atoms with Crippen LogP contribution in [-0.4, -0.2) is 21.8 Å². The van der Waals surface area contributed by atoms with Crippen molar-refractivity contribution in [2.24, 2.45) is 44.8 Å². The zero-order chi connectivity index (χ0) is 30.0. The number of hydrogen-bond acceptors (Lipinski definition) is 6. The highest BCUT2D eigenvalue weighted by molar-refractivity contribution is 6.04. The van der Waals surface area contributed by atoms with E-state index >= 15 is 0 Å². The van der Waals surface area contributed by atoms with Gasteiger partial charge in [-0.2, -0.15) is 5.26 Å². The van der Waals surface area contributed by atoms with Crippen LogP contribution in [0.25, 0.3) is 0 Å². The molecule has 1 heterocycles. The molecular weight excluding hydrogens is 510 g/mol. The van der Waals surface area contributed by atoms with Gasteiger partial charge in [0.05, 0.1) is 11.0 Å². The van der Waals surface area contributed by atoms with E-state index in [4.69, 9.17) is 4.42 Å². The summed E-state index contributed by atoms with van der Waals surface area (Å²) in [5.41, 5.74) is -0.427. The fraction of sp³-hybridized carbons (Fsp3) is 0.743. The van der Waals surface area contributed by atoms with Gasteiger partial charge >= 0.3 is 0 Å². The van der Waals surface area contributed by atoms with E-state index in [0.717, 1.165) is 56.4 Å². The van der Waals surface area contributed by atoms with Gasteiger partial charge in [-0.25, -0.2) is 0 Å². The second-order valence-electron chi connectivity index (χ2n) is 16.5. The lowest BCUT2D eigenvalue weighted by Gasteiger charge is -2.68. The number of nitrogens with zero attached hydrogens (tertiary/aromatic N) is 3. The third-order valence-corrected chi connectivity index (χ3v) is 13.2. The molecular formula is C35H47N3O3. The van der Waals surface area contributed by atoms with Crippen LogP contribution in [0.1, 0.15) is 125 Å². The lowest BCUT2D eigenvalue weighted by Crippen LogP contribution is -2.65. The second kappa shape index (κ2) is 8.51. The summed E-state index contributed by atoms with van der Waals surface area (Å²) < 4.78 is 6.42. The van der Waals surface area contributed by atoms with E-state index in [1.807, 2.05) is 26.0 Å². The monoisotopic (exact) mass is 557 g/mol. The van der Waals surface area contributed by atoms with Crippen molar-refractivity contribution in [2.75, 3.05) is 0 Å². The molecule has 3 fully saturated rings. The smallest absolute Gasteiger partial charge is 0.222 e. The first-order valence-corrected chi connectivity index (χ1v) is 15.7. The number of carbonyl (C=O) groups is 2. The Morgan fingerprint density at radius 2 is 1.66 bits per heavy atom. The minimum Gasteiger partial charge on any atom is -0.424 e. The van der Waals surface area contributed by atoms with Crippen LogP contribution in [0, 0.1) is 56.2 Å². The fourth-order valence-electron chi connectivity index (χ4n) is 10.7. The topological polar surface area (TPSA) is 96.9 Å². The van der Waals surface area contributed by atoms with Crippen LogP contribution < -0.4 is 0 Å². The van der Waals surface area contributed by atoms with E-state index in [1.54, 1.807) is 0 Å². The van der Waals surface area contributed by atoms with E-state index in [2.05, 4.69) is 64.7 Å². The van der Waals surface area contributed by atoms with Gasteiger partial charge in [0.2, 0.25) is 11.8 Å². The van der Waals surface area contributed by atoms with Crippen molar-refractivity contribution in [2.45, 2.75) is 119 Å². The number of allylic oxidation sites excluding steroid dienone is 4. The van der Waals surface area contributed by atoms with Crippen molar-refractivity contribution < 1.29 is 14.0 Å². The van der Waals surface area contributed by atoms with E-state index in [1.165, 1.54) is 0 Å². The van der Waals surface area contributed by atoms with Crippen molar-refractivity contribution >= 4 is 11.6 Å². The normalized spacial score (nSPS) is 42.7. The lowest BCUT2D eigenvalue weighted by molar-refractivity contribution is -0.161. The maximum Gasteiger partial charge on any atom is 0.222 e. The van der Waals surface area contributed by atoms with Crippen LogP contribution in [0.2, 0.25) is 0 Å². The second-order valence-corrected chi connectivity index (χ2v) is 16.5. The summed E-state index contributed by atoms with van der Waals surface area (Å²) in [7, 11) is 0. The SMILES string of the molecule is CC(C)c1nnc([C@]23CCC(C)(C)C[C@@H]2C2C(=O)C=C4[C@@]5(C)C=C(C#N)C(=O)C(C)(C)[C@@H]5CC[C@@]4(C)[C@]2(C)CC3)o1. The van der Waals surface area contributed by atoms with E-state index in [9.17, 15) is 14.9 Å². The molecule has 7 atom stereocenters. The van der Waals surface area contributed by atoms with Gasteiger partial charge in [-0.15, -0.1) is 10.2 Å². The highest BCUT2D eigenvalue weighted by Crippen LogP contribution is 2.74. The molecule has 220 valence electrons. The molecule has 0 bridgehead atoms. The number of aromatic nitrogens is 2. The Morgan fingerprint density at radius 1 is 0.976 bits per heavy atom. The van der Waals surface area contributed by atoms with Gasteiger partial charge < -0.3 is 4.42 Å². The first-order chi connectivity index (χ1) is 19.0. The number of Topliss-reactive ketones (excluding diaryl/α,β-unsaturated/α-hetero) is 1. The van der Waals surface area contributed by atoms with Crippen LogP contribution in [0.4, 0.5) is 0 Å². The number of nitriles is 1. The first-order valence-electron chi connectivity index (χ1n) is 15.7. The molecule has 0 N–H and O–H groups in total. The molecule has 1 aromatic heterocycles. The Morgan fingerprint density at radius 3 is 2.29 bits per heavy atom. The molecule has 0 saturated heterocycles. The summed E-state index contributed by atoms with van der Waals surface area (Å²) in [5, 5.41) is 19.1.